The summed E-state index contributed by atoms with van der Waals surface area (Å²) in [6.07, 6.45) is 14.4. The van der Waals surface area contributed by atoms with Crippen LogP contribution in [0.3, 0.4) is 0 Å². The van der Waals surface area contributed by atoms with E-state index in [0.29, 0.717) is 11.2 Å². The maximum atomic E-state index is 11.8. The molecule has 2 heterocycles. The van der Waals surface area contributed by atoms with E-state index in [4.69, 9.17) is 5.73 Å². The van der Waals surface area contributed by atoms with Crippen LogP contribution in [0.4, 0.5) is 5.95 Å². The highest BCUT2D eigenvalue weighted by Crippen LogP contribution is 2.12. The van der Waals surface area contributed by atoms with E-state index >= 15 is 0 Å². The molecule has 32 heavy (non-hydrogen) atoms. The van der Waals surface area contributed by atoms with Crippen molar-refractivity contribution in [3.63, 3.8) is 0 Å². The van der Waals surface area contributed by atoms with Crippen molar-refractivity contribution < 1.29 is 0 Å². The smallest absolute Gasteiger partial charge is 0.280 e. The van der Waals surface area contributed by atoms with Crippen LogP contribution in [0.15, 0.2) is 41.5 Å². The second-order valence-corrected chi connectivity index (χ2v) is 8.26. The molecule has 176 valence electrons. The highest BCUT2D eigenvalue weighted by Gasteiger charge is 2.08. The first-order chi connectivity index (χ1) is 15.2. The molecule has 7 nitrogen and oxygen atoms in total. The lowest BCUT2D eigenvalue weighted by Gasteiger charge is -2.06. The Morgan fingerprint density at radius 1 is 0.906 bits per heavy atom. The third-order valence-electron chi connectivity index (χ3n) is 5.67. The quantitative estimate of drug-likeness (QED) is 0.282. The summed E-state index contributed by atoms with van der Waals surface area (Å²) in [4.78, 5) is 22.6. The van der Waals surface area contributed by atoms with Crippen LogP contribution in [0.1, 0.15) is 69.8 Å². The van der Waals surface area contributed by atoms with E-state index in [0.717, 1.165) is 26.1 Å². The van der Waals surface area contributed by atoms with Crippen LogP contribution >= 0.6 is 12.4 Å². The summed E-state index contributed by atoms with van der Waals surface area (Å²) in [6.45, 7) is 2.91. The molecule has 2 aromatic heterocycles. The zero-order valence-corrected chi connectivity index (χ0v) is 19.7. The number of nitrogens with zero attached hydrogens (tertiary/aromatic N) is 3. The van der Waals surface area contributed by atoms with Gasteiger partial charge < -0.3 is 15.6 Å². The number of halogens is 1. The highest BCUT2D eigenvalue weighted by molar-refractivity contribution is 5.85. The molecule has 4 N–H and O–H groups in total. The number of benzene rings is 1. The Bertz CT molecular complexity index is 956. The Labute approximate surface area is 196 Å². The van der Waals surface area contributed by atoms with Crippen molar-refractivity contribution in [2.24, 2.45) is 0 Å². The summed E-state index contributed by atoms with van der Waals surface area (Å²) < 4.78 is 1.93. The molecule has 0 aliphatic carbocycles. The lowest BCUT2D eigenvalue weighted by molar-refractivity contribution is 0.528. The number of imidazole rings is 1. The van der Waals surface area contributed by atoms with Crippen LogP contribution < -0.4 is 16.6 Å². The van der Waals surface area contributed by atoms with Crippen molar-refractivity contribution in [2.45, 2.75) is 77.3 Å². The fraction of sp³-hybridized carbons (Fsp3) is 0.542. The van der Waals surface area contributed by atoms with Gasteiger partial charge in [0, 0.05) is 13.1 Å². The number of fused-ring (bicyclic) bond motifs is 1. The summed E-state index contributed by atoms with van der Waals surface area (Å²) >= 11 is 0. The van der Waals surface area contributed by atoms with Crippen LogP contribution in [0.5, 0.6) is 0 Å². The number of aromatic nitrogens is 4. The molecule has 0 aliphatic heterocycles. The molecule has 8 heteroatoms. The van der Waals surface area contributed by atoms with Crippen molar-refractivity contribution >= 4 is 29.5 Å². The minimum Gasteiger partial charge on any atom is -0.369 e. The first-order valence-electron chi connectivity index (χ1n) is 11.7. The van der Waals surface area contributed by atoms with Crippen molar-refractivity contribution in [1.29, 1.82) is 0 Å². The minimum atomic E-state index is -0.273. The number of rotatable bonds is 15. The molecule has 0 unspecified atom stereocenters. The van der Waals surface area contributed by atoms with Gasteiger partial charge in [-0.05, 0) is 24.9 Å². The standard InChI is InChI=1S/C24H36N6O.ClH/c25-24-28-22-21(23(31)29-24)27-19-30(22)17-13-8-6-4-2-1-3-5-7-12-16-26-18-20-14-10-9-11-15-20;/h9-11,14-15,19,26H,1-8,12-13,16-18H2,(H3,25,28,29,31);1H. The number of nitrogens with one attached hydrogen (secondary N) is 2. The van der Waals surface area contributed by atoms with Gasteiger partial charge in [-0.2, -0.15) is 4.98 Å². The van der Waals surface area contributed by atoms with Gasteiger partial charge in [-0.15, -0.1) is 12.4 Å². The summed E-state index contributed by atoms with van der Waals surface area (Å²) in [7, 11) is 0. The van der Waals surface area contributed by atoms with E-state index in [1.54, 1.807) is 6.33 Å². The second-order valence-electron chi connectivity index (χ2n) is 8.26. The maximum Gasteiger partial charge on any atom is 0.280 e. The Morgan fingerprint density at radius 2 is 1.53 bits per heavy atom. The van der Waals surface area contributed by atoms with Gasteiger partial charge in [0.25, 0.3) is 5.56 Å². The number of H-pyrrole nitrogens is 1. The van der Waals surface area contributed by atoms with Gasteiger partial charge in [0.15, 0.2) is 11.2 Å². The average molecular weight is 461 g/mol. The molecule has 0 aliphatic rings. The fourth-order valence-electron chi connectivity index (χ4n) is 3.91. The Balaban J connectivity index is 0.00000363. The van der Waals surface area contributed by atoms with E-state index in [1.807, 2.05) is 4.57 Å². The van der Waals surface area contributed by atoms with Crippen LogP contribution in [0.25, 0.3) is 11.2 Å². The van der Waals surface area contributed by atoms with E-state index in [9.17, 15) is 4.79 Å². The summed E-state index contributed by atoms with van der Waals surface area (Å²) in [5.41, 5.74) is 7.67. The van der Waals surface area contributed by atoms with Crippen LogP contribution in [-0.4, -0.2) is 26.1 Å². The zero-order chi connectivity index (χ0) is 21.7. The molecule has 0 radical (unpaired) electrons. The third-order valence-corrected chi connectivity index (χ3v) is 5.67. The van der Waals surface area contributed by atoms with Crippen LogP contribution in [0.2, 0.25) is 0 Å². The molecule has 0 amide bonds. The maximum absolute atomic E-state index is 11.8. The molecule has 0 spiro atoms. The normalized spacial score (nSPS) is 11.0. The number of hydrogen-bond acceptors (Lipinski definition) is 5. The molecule has 3 rings (SSSR count). The number of aryl methyl sites for hydroxylation is 1. The largest absolute Gasteiger partial charge is 0.369 e. The number of aromatic amines is 1. The van der Waals surface area contributed by atoms with Crippen molar-refractivity contribution in [2.75, 3.05) is 12.3 Å². The minimum absolute atomic E-state index is 0. The van der Waals surface area contributed by atoms with Gasteiger partial charge >= 0.3 is 0 Å². The lowest BCUT2D eigenvalue weighted by atomic mass is 10.1. The molecule has 3 aromatic rings. The fourth-order valence-corrected chi connectivity index (χ4v) is 3.91. The summed E-state index contributed by atoms with van der Waals surface area (Å²) in [5.74, 6) is 0.141. The Hall–Kier alpha value is -2.38. The topological polar surface area (TPSA) is 102 Å². The van der Waals surface area contributed by atoms with Crippen molar-refractivity contribution in [3.8, 4) is 0 Å². The van der Waals surface area contributed by atoms with Gasteiger partial charge in [0.1, 0.15) is 0 Å². The van der Waals surface area contributed by atoms with E-state index < -0.39 is 0 Å². The number of unbranched alkanes of at least 4 members (excludes halogenated alkanes) is 9. The highest BCUT2D eigenvalue weighted by atomic mass is 35.5. The predicted molar refractivity (Wildman–Crippen MR) is 134 cm³/mol. The number of anilines is 1. The van der Waals surface area contributed by atoms with Crippen LogP contribution in [0, 0.1) is 0 Å². The second kappa shape index (κ2) is 14.6. The molecule has 0 fully saturated rings. The summed E-state index contributed by atoms with van der Waals surface area (Å²) in [5, 5.41) is 3.52. The van der Waals surface area contributed by atoms with E-state index in [-0.39, 0.29) is 23.9 Å². The van der Waals surface area contributed by atoms with Crippen LogP contribution in [-0.2, 0) is 13.1 Å². The molecule has 1 aromatic carbocycles. The summed E-state index contributed by atoms with van der Waals surface area (Å²) in [6, 6.07) is 10.6. The Kier molecular flexibility index (Phi) is 11.8. The monoisotopic (exact) mass is 460 g/mol. The SMILES string of the molecule is Cl.Nc1nc2c(ncn2CCCCCCCCCCCCNCc2ccccc2)c(=O)[nH]1. The number of nitrogen functional groups attached to an aromatic ring is 1. The van der Waals surface area contributed by atoms with Gasteiger partial charge in [0.2, 0.25) is 5.95 Å². The first-order valence-corrected chi connectivity index (χ1v) is 11.7. The molecular weight excluding hydrogens is 424 g/mol. The first kappa shape index (κ1) is 25.9. The number of hydrogen-bond donors (Lipinski definition) is 3. The Morgan fingerprint density at radius 3 is 2.22 bits per heavy atom. The predicted octanol–water partition coefficient (Wildman–Crippen LogP) is 4.81. The molecule has 0 saturated carbocycles. The zero-order valence-electron chi connectivity index (χ0n) is 18.9. The molecule has 0 atom stereocenters. The molecular formula is C24H37ClN6O. The van der Waals surface area contributed by atoms with Crippen molar-refractivity contribution in [1.82, 2.24) is 24.8 Å². The van der Waals surface area contributed by atoms with Gasteiger partial charge in [0.05, 0.1) is 6.33 Å². The van der Waals surface area contributed by atoms with Gasteiger partial charge in [-0.25, -0.2) is 4.98 Å². The molecule has 0 bridgehead atoms. The lowest BCUT2D eigenvalue weighted by Crippen LogP contribution is -2.14. The van der Waals surface area contributed by atoms with Gasteiger partial charge in [-0.1, -0.05) is 81.7 Å². The molecule has 0 saturated heterocycles. The van der Waals surface area contributed by atoms with E-state index in [1.165, 1.54) is 63.4 Å². The number of nitrogens with two attached hydrogens (primary N) is 1. The average Bonchev–Trinajstić information content (AvgIpc) is 3.17. The third kappa shape index (κ3) is 8.63. The van der Waals surface area contributed by atoms with Gasteiger partial charge in [-0.3, -0.25) is 9.78 Å². The van der Waals surface area contributed by atoms with E-state index in [2.05, 4.69) is 50.6 Å². The van der Waals surface area contributed by atoms with Crippen molar-refractivity contribution in [3.05, 3.63) is 52.6 Å².